The Morgan fingerprint density at radius 3 is 2.72 bits per heavy atom. The number of fused-ring (bicyclic) bond motifs is 5. The van der Waals surface area contributed by atoms with Gasteiger partial charge in [-0.05, 0) is 57.3 Å². The third-order valence-corrected chi connectivity index (χ3v) is 6.88. The number of nitrogens with zero attached hydrogens (tertiary/aromatic N) is 3. The fourth-order valence-electron chi connectivity index (χ4n) is 5.07. The maximum Gasteiger partial charge on any atom is 0.355 e. The topological polar surface area (TPSA) is 137 Å². The van der Waals surface area contributed by atoms with Crippen molar-refractivity contribution in [2.24, 2.45) is 5.73 Å². The van der Waals surface area contributed by atoms with Crippen LogP contribution in [-0.4, -0.2) is 51.6 Å². The van der Waals surface area contributed by atoms with E-state index >= 15 is 0 Å². The van der Waals surface area contributed by atoms with Gasteiger partial charge in [0.1, 0.15) is 18.4 Å². The maximum atomic E-state index is 13.7. The van der Waals surface area contributed by atoms with Gasteiger partial charge in [-0.3, -0.25) is 9.59 Å². The molecule has 0 radical (unpaired) electrons. The largest absolute Gasteiger partial charge is 0.508 e. The van der Waals surface area contributed by atoms with E-state index in [9.17, 15) is 19.5 Å². The number of rotatable bonds is 5. The lowest BCUT2D eigenvalue weighted by molar-refractivity contribution is -0.190. The molecule has 10 nitrogen and oxygen atoms in total. The van der Waals surface area contributed by atoms with Crippen LogP contribution in [0.4, 0.5) is 0 Å². The Hall–Kier alpha value is -3.76. The molecule has 2 aliphatic rings. The Labute approximate surface area is 207 Å². The number of cyclic esters (lactones) is 1. The molecule has 3 aromatic rings. The number of ether oxygens (including phenoxy) is 2. The molecule has 4 heterocycles. The number of phenolic OH excluding ortho intramolecular Hbond substituents is 1. The summed E-state index contributed by atoms with van der Waals surface area (Å²) in [5.74, 6) is -1.36. The fourth-order valence-corrected chi connectivity index (χ4v) is 5.07. The van der Waals surface area contributed by atoms with Gasteiger partial charge in [-0.1, -0.05) is 6.92 Å². The smallest absolute Gasteiger partial charge is 0.355 e. The van der Waals surface area contributed by atoms with Gasteiger partial charge >= 0.3 is 11.9 Å². The number of aromatic nitrogens is 2. The molecule has 0 bridgehead atoms. The van der Waals surface area contributed by atoms with Crippen LogP contribution in [0.5, 0.6) is 5.75 Å². The number of pyridine rings is 2. The zero-order valence-corrected chi connectivity index (χ0v) is 20.6. The van der Waals surface area contributed by atoms with Crippen LogP contribution in [0.15, 0.2) is 29.1 Å². The predicted molar refractivity (Wildman–Crippen MR) is 131 cm³/mol. The number of phenols is 1. The molecule has 0 saturated carbocycles. The monoisotopic (exact) mass is 492 g/mol. The SMILES string of the molecule is CC[C@@]1(OC(=O)C(C)N)C(=O)OCc2c1cc1n(c2=O)Cc2c-1nc1ccc(O)cc1c2CN(C)C. The molecule has 1 unspecified atom stereocenters. The quantitative estimate of drug-likeness (QED) is 0.399. The van der Waals surface area contributed by atoms with E-state index in [1.54, 1.807) is 35.8 Å². The Bertz CT molecular complexity index is 1490. The molecular formula is C26H28N4O6. The average Bonchev–Trinajstić information content (AvgIpc) is 3.19. The van der Waals surface area contributed by atoms with Crippen molar-refractivity contribution in [1.29, 1.82) is 0 Å². The minimum absolute atomic E-state index is 0.0728. The minimum Gasteiger partial charge on any atom is -0.508 e. The molecule has 0 aliphatic carbocycles. The molecule has 0 fully saturated rings. The van der Waals surface area contributed by atoms with Crippen molar-refractivity contribution in [2.45, 2.75) is 51.6 Å². The van der Waals surface area contributed by atoms with Crippen LogP contribution < -0.4 is 11.3 Å². The van der Waals surface area contributed by atoms with Crippen molar-refractivity contribution in [1.82, 2.24) is 14.5 Å². The van der Waals surface area contributed by atoms with E-state index < -0.39 is 23.6 Å². The zero-order chi connectivity index (χ0) is 25.9. The minimum atomic E-state index is -1.77. The van der Waals surface area contributed by atoms with Crippen LogP contribution in [-0.2, 0) is 44.4 Å². The van der Waals surface area contributed by atoms with Gasteiger partial charge in [0.2, 0.25) is 5.60 Å². The van der Waals surface area contributed by atoms with Crippen LogP contribution in [0, 0.1) is 0 Å². The molecule has 0 amide bonds. The highest BCUT2D eigenvalue weighted by molar-refractivity contribution is 5.91. The van der Waals surface area contributed by atoms with E-state index in [1.807, 2.05) is 19.0 Å². The third-order valence-electron chi connectivity index (χ3n) is 6.88. The molecular weight excluding hydrogens is 464 g/mol. The van der Waals surface area contributed by atoms with Gasteiger partial charge in [0, 0.05) is 23.1 Å². The van der Waals surface area contributed by atoms with Gasteiger partial charge in [0.05, 0.1) is 29.0 Å². The summed E-state index contributed by atoms with van der Waals surface area (Å²) in [7, 11) is 3.89. The van der Waals surface area contributed by atoms with Gasteiger partial charge < -0.3 is 29.8 Å². The molecule has 2 aromatic heterocycles. The first-order chi connectivity index (χ1) is 17.1. The van der Waals surface area contributed by atoms with E-state index in [4.69, 9.17) is 20.2 Å². The Morgan fingerprint density at radius 2 is 2.06 bits per heavy atom. The number of carbonyl (C=O) groups is 2. The Kier molecular flexibility index (Phi) is 5.60. The van der Waals surface area contributed by atoms with Crippen molar-refractivity contribution in [3.8, 4) is 17.1 Å². The van der Waals surface area contributed by atoms with Gasteiger partial charge in [-0.15, -0.1) is 0 Å². The van der Waals surface area contributed by atoms with Gasteiger partial charge in [-0.25, -0.2) is 9.78 Å². The van der Waals surface area contributed by atoms with Crippen molar-refractivity contribution in [3.05, 3.63) is 56.9 Å². The summed E-state index contributed by atoms with van der Waals surface area (Å²) in [5, 5.41) is 10.9. The summed E-state index contributed by atoms with van der Waals surface area (Å²) in [6.07, 6.45) is 0.0728. The summed E-state index contributed by atoms with van der Waals surface area (Å²) < 4.78 is 12.6. The van der Waals surface area contributed by atoms with Crippen LogP contribution in [0.25, 0.3) is 22.3 Å². The normalized spacial score (nSPS) is 19.0. The second-order valence-corrected chi connectivity index (χ2v) is 9.64. The second kappa shape index (κ2) is 8.42. The van der Waals surface area contributed by atoms with Crippen LogP contribution in [0.3, 0.4) is 0 Å². The number of carbonyl (C=O) groups excluding carboxylic acids is 2. The molecule has 36 heavy (non-hydrogen) atoms. The lowest BCUT2D eigenvalue weighted by Gasteiger charge is -2.36. The standard InChI is InChI=1S/C26H28N4O6/c1-5-26(36-24(33)13(2)27)19-9-21-22-17(11-30(21)23(32)18(19)12-35-25(26)34)16(10-29(3)4)15-8-14(31)6-7-20(15)28-22/h6-9,13,31H,5,10-12,27H2,1-4H3/t13?,26-/m0/s1. The van der Waals surface area contributed by atoms with E-state index in [1.165, 1.54) is 6.92 Å². The third kappa shape index (κ3) is 3.48. The molecule has 0 spiro atoms. The number of hydrogen-bond donors (Lipinski definition) is 2. The summed E-state index contributed by atoms with van der Waals surface area (Å²) in [6, 6.07) is 5.75. The van der Waals surface area contributed by atoms with Crippen molar-refractivity contribution >= 4 is 22.8 Å². The number of aromatic hydroxyl groups is 1. The molecule has 0 saturated heterocycles. The molecule has 10 heteroatoms. The zero-order valence-electron chi connectivity index (χ0n) is 20.6. The lowest BCUT2D eigenvalue weighted by Crippen LogP contribution is -2.49. The average molecular weight is 493 g/mol. The number of hydrogen-bond acceptors (Lipinski definition) is 9. The van der Waals surface area contributed by atoms with Crippen LogP contribution in [0.1, 0.15) is 42.5 Å². The second-order valence-electron chi connectivity index (χ2n) is 9.64. The molecule has 1 aromatic carbocycles. The highest BCUT2D eigenvalue weighted by Gasteiger charge is 2.50. The fraction of sp³-hybridized carbons (Fsp3) is 0.385. The first-order valence-corrected chi connectivity index (χ1v) is 11.8. The van der Waals surface area contributed by atoms with Crippen LogP contribution >= 0.6 is 0 Å². The van der Waals surface area contributed by atoms with Gasteiger partial charge in [0.25, 0.3) is 5.56 Å². The summed E-state index contributed by atoms with van der Waals surface area (Å²) in [5.41, 5.74) is 7.83. The highest BCUT2D eigenvalue weighted by atomic mass is 16.6. The molecule has 5 rings (SSSR count). The Morgan fingerprint density at radius 1 is 1.31 bits per heavy atom. The number of nitrogens with two attached hydrogens (primary N) is 1. The molecule has 188 valence electrons. The van der Waals surface area contributed by atoms with E-state index in [-0.39, 0.29) is 36.4 Å². The molecule has 3 N–H and O–H groups in total. The van der Waals surface area contributed by atoms with E-state index in [0.29, 0.717) is 29.0 Å². The van der Waals surface area contributed by atoms with E-state index in [0.717, 1.165) is 16.5 Å². The lowest BCUT2D eigenvalue weighted by atomic mass is 9.85. The van der Waals surface area contributed by atoms with Gasteiger partial charge in [-0.2, -0.15) is 0 Å². The number of esters is 2. The van der Waals surface area contributed by atoms with E-state index in [2.05, 4.69) is 0 Å². The van der Waals surface area contributed by atoms with Crippen molar-refractivity contribution in [3.63, 3.8) is 0 Å². The molecule has 2 aliphatic heterocycles. The summed E-state index contributed by atoms with van der Waals surface area (Å²) in [4.78, 5) is 46.1. The molecule has 2 atom stereocenters. The van der Waals surface area contributed by atoms with Crippen molar-refractivity contribution in [2.75, 3.05) is 14.1 Å². The maximum absolute atomic E-state index is 13.7. The Balaban J connectivity index is 1.78. The highest BCUT2D eigenvalue weighted by Crippen LogP contribution is 2.42. The predicted octanol–water partition coefficient (Wildman–Crippen LogP) is 1.74. The van der Waals surface area contributed by atoms with Crippen LogP contribution in [0.2, 0.25) is 0 Å². The first kappa shape index (κ1) is 24.0. The van der Waals surface area contributed by atoms with Crippen molar-refractivity contribution < 1.29 is 24.2 Å². The first-order valence-electron chi connectivity index (χ1n) is 11.8. The summed E-state index contributed by atoms with van der Waals surface area (Å²) in [6.45, 7) is 3.80. The number of benzene rings is 1. The summed E-state index contributed by atoms with van der Waals surface area (Å²) >= 11 is 0. The van der Waals surface area contributed by atoms with Gasteiger partial charge in [0.15, 0.2) is 0 Å².